The van der Waals surface area contributed by atoms with Crippen molar-refractivity contribution in [2.24, 2.45) is 5.11 Å². The van der Waals surface area contributed by atoms with Gasteiger partial charge < -0.3 is 4.40 Å². The van der Waals surface area contributed by atoms with Crippen molar-refractivity contribution in [1.29, 1.82) is 0 Å². The summed E-state index contributed by atoms with van der Waals surface area (Å²) in [5.74, 6) is 0.179. The Morgan fingerprint density at radius 3 is 3.06 bits per heavy atom. The molecule has 0 aliphatic heterocycles. The van der Waals surface area contributed by atoms with Crippen molar-refractivity contribution < 1.29 is 4.39 Å². The summed E-state index contributed by atoms with van der Waals surface area (Å²) < 4.78 is 15.5. The summed E-state index contributed by atoms with van der Waals surface area (Å²) >= 11 is 0. The van der Waals surface area contributed by atoms with Gasteiger partial charge in [-0.1, -0.05) is 5.11 Å². The van der Waals surface area contributed by atoms with Crippen LogP contribution in [-0.4, -0.2) is 9.38 Å². The Bertz CT molecular complexity index is 622. The molecule has 0 atom stereocenters. The zero-order chi connectivity index (χ0) is 11.8. The highest BCUT2D eigenvalue weighted by atomic mass is 19.1. The number of pyridine rings is 1. The number of azide groups is 1. The molecule has 1 saturated carbocycles. The second-order valence-electron chi connectivity index (χ2n) is 4.25. The largest absolute Gasteiger partial charge is 0.304 e. The van der Waals surface area contributed by atoms with Crippen molar-refractivity contribution in [3.05, 3.63) is 46.0 Å². The van der Waals surface area contributed by atoms with Crippen LogP contribution in [0.4, 0.5) is 4.39 Å². The van der Waals surface area contributed by atoms with Crippen LogP contribution in [0.25, 0.3) is 16.1 Å². The van der Waals surface area contributed by atoms with Crippen molar-refractivity contribution >= 4 is 5.65 Å². The second-order valence-corrected chi connectivity index (χ2v) is 4.25. The summed E-state index contributed by atoms with van der Waals surface area (Å²) in [6.07, 6.45) is 5.87. The molecule has 86 valence electrons. The zero-order valence-corrected chi connectivity index (χ0v) is 9.04. The van der Waals surface area contributed by atoms with Crippen LogP contribution >= 0.6 is 0 Å². The Kier molecular flexibility index (Phi) is 2.23. The number of nitrogens with zero attached hydrogens (tertiary/aromatic N) is 5. The predicted molar refractivity (Wildman–Crippen MR) is 60.0 cm³/mol. The van der Waals surface area contributed by atoms with Crippen molar-refractivity contribution in [2.75, 3.05) is 0 Å². The van der Waals surface area contributed by atoms with Crippen LogP contribution in [-0.2, 0) is 6.54 Å². The van der Waals surface area contributed by atoms with E-state index in [9.17, 15) is 4.39 Å². The van der Waals surface area contributed by atoms with Gasteiger partial charge in [-0.05, 0) is 35.9 Å². The number of halogens is 1. The molecule has 0 amide bonds. The molecule has 0 spiro atoms. The first-order valence-corrected chi connectivity index (χ1v) is 5.46. The normalized spacial score (nSPS) is 14.9. The molecule has 0 N–H and O–H groups in total. The van der Waals surface area contributed by atoms with Crippen molar-refractivity contribution in [3.63, 3.8) is 0 Å². The zero-order valence-electron chi connectivity index (χ0n) is 9.04. The lowest BCUT2D eigenvalue weighted by Gasteiger charge is -2.00. The van der Waals surface area contributed by atoms with E-state index in [-0.39, 0.29) is 18.0 Å². The highest BCUT2D eigenvalue weighted by molar-refractivity contribution is 5.44. The smallest absolute Gasteiger partial charge is 0.173 e. The standard InChI is InChI=1S/C11H10FN5/c12-10-3-8(7-1-2-7)5-17-6-9(4-14-16-13)15-11(10)17/h3,5-7H,1-2,4H2. The van der Waals surface area contributed by atoms with Crippen LogP contribution in [0.1, 0.15) is 30.0 Å². The molecule has 17 heavy (non-hydrogen) atoms. The molecule has 0 aromatic carbocycles. The number of hydrogen-bond donors (Lipinski definition) is 0. The van der Waals surface area contributed by atoms with Gasteiger partial charge in [-0.2, -0.15) is 0 Å². The predicted octanol–water partition coefficient (Wildman–Crippen LogP) is 3.16. The first-order valence-electron chi connectivity index (χ1n) is 5.46. The maximum Gasteiger partial charge on any atom is 0.173 e. The van der Waals surface area contributed by atoms with Crippen LogP contribution in [0.5, 0.6) is 0 Å². The average molecular weight is 231 g/mol. The van der Waals surface area contributed by atoms with E-state index in [1.165, 1.54) is 0 Å². The Hall–Kier alpha value is -2.07. The molecule has 0 radical (unpaired) electrons. The van der Waals surface area contributed by atoms with E-state index in [0.29, 0.717) is 11.6 Å². The van der Waals surface area contributed by atoms with Crippen LogP contribution in [0, 0.1) is 5.82 Å². The summed E-state index contributed by atoms with van der Waals surface area (Å²) in [5, 5.41) is 3.42. The molecule has 1 fully saturated rings. The summed E-state index contributed by atoms with van der Waals surface area (Å²) in [6.45, 7) is 0.149. The number of rotatable bonds is 3. The molecule has 1 aliphatic carbocycles. The molecule has 2 aromatic heterocycles. The number of hydrogen-bond acceptors (Lipinski definition) is 2. The van der Waals surface area contributed by atoms with Gasteiger partial charge in [-0.25, -0.2) is 9.37 Å². The number of imidazole rings is 1. The van der Waals surface area contributed by atoms with Crippen molar-refractivity contribution in [1.82, 2.24) is 9.38 Å². The molecule has 0 bridgehead atoms. The number of fused-ring (bicyclic) bond motifs is 1. The Morgan fingerprint density at radius 1 is 1.53 bits per heavy atom. The molecule has 2 heterocycles. The molecule has 1 aliphatic rings. The van der Waals surface area contributed by atoms with E-state index in [4.69, 9.17) is 5.53 Å². The molecular formula is C11H10FN5. The molecule has 3 rings (SSSR count). The lowest BCUT2D eigenvalue weighted by atomic mass is 10.2. The quantitative estimate of drug-likeness (QED) is 0.454. The highest BCUT2D eigenvalue weighted by Gasteiger charge is 2.25. The van der Waals surface area contributed by atoms with Gasteiger partial charge in [-0.3, -0.25) is 0 Å². The monoisotopic (exact) mass is 231 g/mol. The van der Waals surface area contributed by atoms with Crippen LogP contribution < -0.4 is 0 Å². The van der Waals surface area contributed by atoms with Crippen LogP contribution in [0.15, 0.2) is 23.6 Å². The van der Waals surface area contributed by atoms with Gasteiger partial charge in [0, 0.05) is 17.3 Å². The van der Waals surface area contributed by atoms with E-state index >= 15 is 0 Å². The minimum absolute atomic E-state index is 0.149. The third-order valence-electron chi connectivity index (χ3n) is 2.92. The Labute approximate surface area is 96.5 Å². The number of aromatic nitrogens is 2. The first kappa shape index (κ1) is 10.1. The van der Waals surface area contributed by atoms with E-state index in [2.05, 4.69) is 15.0 Å². The van der Waals surface area contributed by atoms with Crippen LogP contribution in [0.3, 0.4) is 0 Å². The van der Waals surface area contributed by atoms with Gasteiger partial charge in [0.2, 0.25) is 0 Å². The van der Waals surface area contributed by atoms with Gasteiger partial charge in [0.05, 0.1) is 12.2 Å². The average Bonchev–Trinajstić information content (AvgIpc) is 3.07. The van der Waals surface area contributed by atoms with E-state index in [1.807, 2.05) is 6.20 Å². The first-order chi connectivity index (χ1) is 8.28. The lowest BCUT2D eigenvalue weighted by Crippen LogP contribution is -1.91. The highest BCUT2D eigenvalue weighted by Crippen LogP contribution is 2.40. The summed E-state index contributed by atoms with van der Waals surface area (Å²) in [4.78, 5) is 6.76. The van der Waals surface area contributed by atoms with Crippen molar-refractivity contribution in [3.8, 4) is 0 Å². The molecule has 6 heteroatoms. The molecule has 0 saturated heterocycles. The maximum atomic E-state index is 13.8. The summed E-state index contributed by atoms with van der Waals surface area (Å²) in [6, 6.07) is 1.55. The fraction of sp³-hybridized carbons (Fsp3) is 0.364. The maximum absolute atomic E-state index is 13.8. The topological polar surface area (TPSA) is 66.1 Å². The van der Waals surface area contributed by atoms with E-state index in [1.54, 1.807) is 16.7 Å². The molecule has 5 nitrogen and oxygen atoms in total. The minimum Gasteiger partial charge on any atom is -0.304 e. The van der Waals surface area contributed by atoms with Gasteiger partial charge in [0.1, 0.15) is 0 Å². The van der Waals surface area contributed by atoms with Gasteiger partial charge in [0.25, 0.3) is 0 Å². The third-order valence-corrected chi connectivity index (χ3v) is 2.92. The minimum atomic E-state index is -0.318. The van der Waals surface area contributed by atoms with E-state index < -0.39 is 0 Å². The molecule has 2 aromatic rings. The summed E-state index contributed by atoms with van der Waals surface area (Å²) in [5.41, 5.74) is 10.1. The van der Waals surface area contributed by atoms with Gasteiger partial charge in [0.15, 0.2) is 11.5 Å². The third kappa shape index (κ3) is 1.83. The van der Waals surface area contributed by atoms with Gasteiger partial charge >= 0.3 is 0 Å². The van der Waals surface area contributed by atoms with E-state index in [0.717, 1.165) is 18.4 Å². The molecule has 0 unspecified atom stereocenters. The lowest BCUT2D eigenvalue weighted by molar-refractivity contribution is 0.627. The van der Waals surface area contributed by atoms with Crippen molar-refractivity contribution in [2.45, 2.75) is 25.3 Å². The summed E-state index contributed by atoms with van der Waals surface area (Å²) in [7, 11) is 0. The Morgan fingerprint density at radius 2 is 2.35 bits per heavy atom. The van der Waals surface area contributed by atoms with Crippen LogP contribution in [0.2, 0.25) is 0 Å². The Balaban J connectivity index is 2.07. The fourth-order valence-corrected chi connectivity index (χ4v) is 1.95. The SMILES string of the molecule is [N-]=[N+]=NCc1cn2cc(C3CC3)cc(F)c2n1. The fourth-order valence-electron chi connectivity index (χ4n) is 1.95. The molecular weight excluding hydrogens is 221 g/mol. The van der Waals surface area contributed by atoms with Gasteiger partial charge in [-0.15, -0.1) is 0 Å². The second kappa shape index (κ2) is 3.75.